The standard InChI is InChI=1S/C16H17N3O4/c1-11-8-9-14(16(17-11)19(21)22)23-10-15(20)18-12(2)13-6-4-3-5-7-13/h3-9,12H,10H2,1-2H3,(H,18,20)/t12-/m1/s1. The second kappa shape index (κ2) is 7.35. The number of rotatable bonds is 6. The van der Waals surface area contributed by atoms with Gasteiger partial charge in [-0.25, -0.2) is 0 Å². The normalized spacial score (nSPS) is 11.6. The zero-order valence-electron chi connectivity index (χ0n) is 12.9. The minimum absolute atomic E-state index is 0.0249. The molecule has 1 amide bonds. The Hall–Kier alpha value is -2.96. The fourth-order valence-electron chi connectivity index (χ4n) is 2.03. The number of carbonyl (C=O) groups excluding carboxylic acids is 1. The Kier molecular flexibility index (Phi) is 5.24. The van der Waals surface area contributed by atoms with Crippen LogP contribution in [0.3, 0.4) is 0 Å². The number of pyridine rings is 1. The van der Waals surface area contributed by atoms with Crippen LogP contribution in [0.25, 0.3) is 0 Å². The monoisotopic (exact) mass is 315 g/mol. The maximum atomic E-state index is 11.9. The van der Waals surface area contributed by atoms with Crippen LogP contribution < -0.4 is 10.1 Å². The van der Waals surface area contributed by atoms with Crippen LogP contribution in [0.2, 0.25) is 0 Å². The van der Waals surface area contributed by atoms with Crippen molar-refractivity contribution in [1.82, 2.24) is 10.3 Å². The van der Waals surface area contributed by atoms with Gasteiger partial charge < -0.3 is 20.2 Å². The maximum Gasteiger partial charge on any atom is 0.406 e. The number of aryl methyl sites for hydroxylation is 1. The third-order valence-corrected chi connectivity index (χ3v) is 3.19. The highest BCUT2D eigenvalue weighted by atomic mass is 16.6. The van der Waals surface area contributed by atoms with Gasteiger partial charge in [0, 0.05) is 6.92 Å². The van der Waals surface area contributed by atoms with Crippen molar-refractivity contribution in [3.8, 4) is 5.75 Å². The van der Waals surface area contributed by atoms with Crippen molar-refractivity contribution in [2.24, 2.45) is 0 Å². The summed E-state index contributed by atoms with van der Waals surface area (Å²) < 4.78 is 5.24. The first kappa shape index (κ1) is 16.4. The van der Waals surface area contributed by atoms with Gasteiger partial charge in [0.1, 0.15) is 5.69 Å². The number of benzene rings is 1. The summed E-state index contributed by atoms with van der Waals surface area (Å²) in [5, 5.41) is 13.7. The summed E-state index contributed by atoms with van der Waals surface area (Å²) in [5.74, 6) is -0.784. The van der Waals surface area contributed by atoms with E-state index in [2.05, 4.69) is 10.3 Å². The van der Waals surface area contributed by atoms with Gasteiger partial charge in [-0.3, -0.25) is 4.79 Å². The first-order valence-electron chi connectivity index (χ1n) is 7.06. The van der Waals surface area contributed by atoms with Crippen LogP contribution >= 0.6 is 0 Å². The van der Waals surface area contributed by atoms with Crippen molar-refractivity contribution >= 4 is 11.7 Å². The molecule has 7 nitrogen and oxygen atoms in total. The third kappa shape index (κ3) is 4.50. The Balaban J connectivity index is 1.96. The summed E-state index contributed by atoms with van der Waals surface area (Å²) in [6.45, 7) is 3.18. The molecule has 0 aliphatic carbocycles. The molecule has 120 valence electrons. The highest BCUT2D eigenvalue weighted by Gasteiger charge is 2.19. The summed E-state index contributed by atoms with van der Waals surface area (Å²) in [6, 6.07) is 12.3. The number of nitro groups is 1. The highest BCUT2D eigenvalue weighted by Crippen LogP contribution is 2.24. The quantitative estimate of drug-likeness (QED) is 0.653. The van der Waals surface area contributed by atoms with Crippen molar-refractivity contribution in [1.29, 1.82) is 0 Å². The van der Waals surface area contributed by atoms with Gasteiger partial charge in [0.05, 0.1) is 6.04 Å². The summed E-state index contributed by atoms with van der Waals surface area (Å²) in [6.07, 6.45) is 0. The van der Waals surface area contributed by atoms with E-state index in [9.17, 15) is 14.9 Å². The molecule has 7 heteroatoms. The lowest BCUT2D eigenvalue weighted by molar-refractivity contribution is -0.390. The van der Waals surface area contributed by atoms with E-state index < -0.39 is 10.7 Å². The summed E-state index contributed by atoms with van der Waals surface area (Å²) in [4.78, 5) is 26.0. The smallest absolute Gasteiger partial charge is 0.406 e. The first-order valence-corrected chi connectivity index (χ1v) is 7.06. The van der Waals surface area contributed by atoms with E-state index in [4.69, 9.17) is 4.74 Å². The van der Waals surface area contributed by atoms with E-state index in [1.165, 1.54) is 6.07 Å². The van der Waals surface area contributed by atoms with Crippen molar-refractivity contribution in [3.63, 3.8) is 0 Å². The fraction of sp³-hybridized carbons (Fsp3) is 0.250. The Labute approximate surface area is 133 Å². The molecular weight excluding hydrogens is 298 g/mol. The molecule has 0 spiro atoms. The summed E-state index contributed by atoms with van der Waals surface area (Å²) in [5.41, 5.74) is 1.47. The van der Waals surface area contributed by atoms with E-state index in [1.807, 2.05) is 37.3 Å². The molecule has 0 radical (unpaired) electrons. The number of carbonyl (C=O) groups is 1. The minimum Gasteiger partial charge on any atom is -0.476 e. The lowest BCUT2D eigenvalue weighted by atomic mass is 10.1. The molecule has 2 rings (SSSR count). The minimum atomic E-state index is -0.632. The molecule has 1 N–H and O–H groups in total. The van der Waals surface area contributed by atoms with Crippen LogP contribution in [-0.4, -0.2) is 22.4 Å². The van der Waals surface area contributed by atoms with Gasteiger partial charge in [0.25, 0.3) is 5.91 Å². The van der Waals surface area contributed by atoms with E-state index in [0.29, 0.717) is 5.69 Å². The maximum absolute atomic E-state index is 11.9. The van der Waals surface area contributed by atoms with Gasteiger partial charge in [-0.15, -0.1) is 0 Å². The average molecular weight is 315 g/mol. The highest BCUT2D eigenvalue weighted by molar-refractivity contribution is 5.78. The number of hydrogen-bond acceptors (Lipinski definition) is 5. The molecule has 1 aromatic carbocycles. The zero-order valence-corrected chi connectivity index (χ0v) is 12.9. The molecule has 0 saturated heterocycles. The molecule has 23 heavy (non-hydrogen) atoms. The van der Waals surface area contributed by atoms with Crippen LogP contribution in [-0.2, 0) is 4.79 Å². The number of amides is 1. The Morgan fingerprint density at radius 1 is 1.30 bits per heavy atom. The number of aromatic nitrogens is 1. The number of hydrogen-bond donors (Lipinski definition) is 1. The van der Waals surface area contributed by atoms with Gasteiger partial charge >= 0.3 is 5.82 Å². The van der Waals surface area contributed by atoms with Gasteiger partial charge in [0.15, 0.2) is 6.61 Å². The van der Waals surface area contributed by atoms with E-state index in [1.54, 1.807) is 13.0 Å². The fourth-order valence-corrected chi connectivity index (χ4v) is 2.03. The molecule has 1 heterocycles. The SMILES string of the molecule is Cc1ccc(OCC(=O)N[C@H](C)c2ccccc2)c([N+](=O)[O-])n1. The topological polar surface area (TPSA) is 94.4 Å². The summed E-state index contributed by atoms with van der Waals surface area (Å²) in [7, 11) is 0. The molecule has 2 aromatic rings. The van der Waals surface area contributed by atoms with E-state index in [-0.39, 0.29) is 24.3 Å². The average Bonchev–Trinajstić information content (AvgIpc) is 2.54. The van der Waals surface area contributed by atoms with Crippen LogP contribution in [0.4, 0.5) is 5.82 Å². The number of ether oxygens (including phenoxy) is 1. The third-order valence-electron chi connectivity index (χ3n) is 3.19. The molecule has 0 unspecified atom stereocenters. The van der Waals surface area contributed by atoms with Gasteiger partial charge in [-0.1, -0.05) is 30.3 Å². The molecule has 0 aliphatic rings. The zero-order chi connectivity index (χ0) is 16.8. The van der Waals surface area contributed by atoms with E-state index >= 15 is 0 Å². The number of nitrogens with one attached hydrogen (secondary N) is 1. The summed E-state index contributed by atoms with van der Waals surface area (Å²) >= 11 is 0. The van der Waals surface area contributed by atoms with E-state index in [0.717, 1.165) is 5.56 Å². The molecule has 0 bridgehead atoms. The van der Waals surface area contributed by atoms with Crippen molar-refractivity contribution < 1.29 is 14.5 Å². The lowest BCUT2D eigenvalue weighted by Gasteiger charge is -2.14. The van der Waals surface area contributed by atoms with Gasteiger partial charge in [-0.05, 0) is 34.5 Å². The number of nitrogens with zero attached hydrogens (tertiary/aromatic N) is 2. The van der Waals surface area contributed by atoms with Crippen LogP contribution in [0, 0.1) is 17.0 Å². The van der Waals surface area contributed by atoms with Crippen molar-refractivity contribution in [2.45, 2.75) is 19.9 Å². The Bertz CT molecular complexity index is 704. The molecular formula is C16H17N3O4. The van der Waals surface area contributed by atoms with Crippen molar-refractivity contribution in [3.05, 3.63) is 63.8 Å². The van der Waals surface area contributed by atoms with Crippen LogP contribution in [0.5, 0.6) is 5.75 Å². The second-order valence-electron chi connectivity index (χ2n) is 5.02. The van der Waals surface area contributed by atoms with Crippen LogP contribution in [0.1, 0.15) is 24.2 Å². The first-order chi connectivity index (χ1) is 11.0. The largest absolute Gasteiger partial charge is 0.476 e. The van der Waals surface area contributed by atoms with Gasteiger partial charge in [-0.2, -0.15) is 0 Å². The van der Waals surface area contributed by atoms with Crippen molar-refractivity contribution in [2.75, 3.05) is 6.61 Å². The Morgan fingerprint density at radius 2 is 2.00 bits per heavy atom. The molecule has 1 aromatic heterocycles. The van der Waals surface area contributed by atoms with Gasteiger partial charge in [0.2, 0.25) is 5.75 Å². The molecule has 0 aliphatic heterocycles. The lowest BCUT2D eigenvalue weighted by Crippen LogP contribution is -2.31. The predicted molar refractivity (Wildman–Crippen MR) is 84.1 cm³/mol. The Morgan fingerprint density at radius 3 is 2.65 bits per heavy atom. The molecule has 0 fully saturated rings. The molecule has 0 saturated carbocycles. The molecule has 1 atom stereocenters. The second-order valence-corrected chi connectivity index (χ2v) is 5.02. The van der Waals surface area contributed by atoms with Crippen LogP contribution in [0.15, 0.2) is 42.5 Å². The predicted octanol–water partition coefficient (Wildman–Crippen LogP) is 2.55.